The summed E-state index contributed by atoms with van der Waals surface area (Å²) in [5.74, 6) is -0.511. The molecule has 0 spiro atoms. The van der Waals surface area contributed by atoms with Crippen LogP contribution < -0.4 is 0 Å². The summed E-state index contributed by atoms with van der Waals surface area (Å²) in [5, 5.41) is 6.94. The molecule has 2 rings (SSSR count). The number of hydrogen-bond donors (Lipinski definition) is 1. The zero-order chi connectivity index (χ0) is 16.1. The number of aromatic amines is 1. The van der Waals surface area contributed by atoms with E-state index >= 15 is 0 Å². The van der Waals surface area contributed by atoms with Gasteiger partial charge in [-0.25, -0.2) is 4.39 Å². The first-order valence-corrected chi connectivity index (χ1v) is 8.12. The minimum Gasteiger partial charge on any atom is -0.333 e. The molecule has 1 aromatic heterocycles. The van der Waals surface area contributed by atoms with E-state index in [1.807, 2.05) is 6.92 Å². The first-order valence-electron chi connectivity index (χ1n) is 7.32. The predicted molar refractivity (Wildman–Crippen MR) is 87.1 cm³/mol. The third kappa shape index (κ3) is 3.94. The molecule has 4 nitrogen and oxygen atoms in total. The molecule has 0 unspecified atom stereocenters. The number of halogens is 2. The summed E-state index contributed by atoms with van der Waals surface area (Å²) in [7, 11) is 0. The second-order valence-electron chi connectivity index (χ2n) is 5.08. The Morgan fingerprint density at radius 1 is 1.36 bits per heavy atom. The van der Waals surface area contributed by atoms with Gasteiger partial charge in [-0.15, -0.1) is 0 Å². The van der Waals surface area contributed by atoms with Crippen LogP contribution in [-0.2, 0) is 13.0 Å². The van der Waals surface area contributed by atoms with Gasteiger partial charge in [0.1, 0.15) is 11.5 Å². The van der Waals surface area contributed by atoms with E-state index in [1.54, 1.807) is 23.1 Å². The van der Waals surface area contributed by atoms with Crippen molar-refractivity contribution in [2.24, 2.45) is 0 Å². The Morgan fingerprint density at radius 3 is 2.82 bits per heavy atom. The molecular weight excluding hydrogens is 349 g/mol. The maximum atomic E-state index is 13.9. The van der Waals surface area contributed by atoms with Gasteiger partial charge in [-0.2, -0.15) is 5.10 Å². The fourth-order valence-electron chi connectivity index (χ4n) is 2.23. The maximum absolute atomic E-state index is 13.9. The van der Waals surface area contributed by atoms with Crippen molar-refractivity contribution >= 4 is 21.8 Å². The number of rotatable bonds is 6. The van der Waals surface area contributed by atoms with Crippen LogP contribution in [0, 0.1) is 5.82 Å². The summed E-state index contributed by atoms with van der Waals surface area (Å²) in [4.78, 5) is 14.1. The van der Waals surface area contributed by atoms with E-state index in [-0.39, 0.29) is 18.3 Å². The van der Waals surface area contributed by atoms with Crippen molar-refractivity contribution in [3.8, 4) is 0 Å². The average molecular weight is 368 g/mol. The van der Waals surface area contributed by atoms with Gasteiger partial charge >= 0.3 is 0 Å². The fraction of sp³-hybridized carbons (Fsp3) is 0.375. The number of H-pyrrole nitrogens is 1. The Kier molecular flexibility index (Phi) is 5.71. The molecule has 0 bridgehead atoms. The lowest BCUT2D eigenvalue weighted by Gasteiger charge is -2.20. The highest BCUT2D eigenvalue weighted by molar-refractivity contribution is 9.10. The molecule has 0 saturated carbocycles. The highest BCUT2D eigenvalue weighted by atomic mass is 79.9. The van der Waals surface area contributed by atoms with Gasteiger partial charge in [0.2, 0.25) is 0 Å². The van der Waals surface area contributed by atoms with Gasteiger partial charge in [-0.1, -0.05) is 29.3 Å². The van der Waals surface area contributed by atoms with Crippen molar-refractivity contribution < 1.29 is 9.18 Å². The largest absolute Gasteiger partial charge is 0.333 e. The van der Waals surface area contributed by atoms with Crippen LogP contribution in [0.4, 0.5) is 4.39 Å². The molecule has 118 valence electrons. The van der Waals surface area contributed by atoms with Crippen molar-refractivity contribution in [1.29, 1.82) is 0 Å². The van der Waals surface area contributed by atoms with Crippen molar-refractivity contribution in [2.75, 3.05) is 6.54 Å². The Labute approximate surface area is 137 Å². The summed E-state index contributed by atoms with van der Waals surface area (Å²) < 4.78 is 14.6. The molecule has 0 fully saturated rings. The lowest BCUT2D eigenvalue weighted by Crippen LogP contribution is -2.31. The average Bonchev–Trinajstić information content (AvgIpc) is 2.96. The SMILES string of the molecule is CCCc1cc(C(=O)N(CC)Cc2cc(Br)ccc2F)n[nH]1. The van der Waals surface area contributed by atoms with Crippen LogP contribution >= 0.6 is 15.9 Å². The number of carbonyl (C=O) groups excluding carboxylic acids is 1. The van der Waals surface area contributed by atoms with E-state index < -0.39 is 0 Å². The molecule has 0 atom stereocenters. The zero-order valence-corrected chi connectivity index (χ0v) is 14.3. The highest BCUT2D eigenvalue weighted by Gasteiger charge is 2.19. The minimum atomic E-state index is -0.317. The number of aryl methyl sites for hydroxylation is 1. The van der Waals surface area contributed by atoms with E-state index in [2.05, 4.69) is 33.1 Å². The van der Waals surface area contributed by atoms with Crippen LogP contribution in [0.3, 0.4) is 0 Å². The van der Waals surface area contributed by atoms with Gasteiger partial charge in [0, 0.05) is 28.8 Å². The van der Waals surface area contributed by atoms with Crippen LogP contribution in [0.5, 0.6) is 0 Å². The van der Waals surface area contributed by atoms with Gasteiger partial charge in [0.15, 0.2) is 0 Å². The Balaban J connectivity index is 2.16. The summed E-state index contributed by atoms with van der Waals surface area (Å²) >= 11 is 3.32. The lowest BCUT2D eigenvalue weighted by atomic mass is 10.2. The summed E-state index contributed by atoms with van der Waals surface area (Å²) in [6.45, 7) is 4.64. The van der Waals surface area contributed by atoms with Crippen molar-refractivity contribution in [3.05, 3.63) is 51.5 Å². The van der Waals surface area contributed by atoms with E-state index in [1.165, 1.54) is 6.07 Å². The molecule has 1 aromatic carbocycles. The topological polar surface area (TPSA) is 49.0 Å². The number of carbonyl (C=O) groups is 1. The van der Waals surface area contributed by atoms with E-state index in [9.17, 15) is 9.18 Å². The Morgan fingerprint density at radius 2 is 2.14 bits per heavy atom. The van der Waals surface area contributed by atoms with Crippen LogP contribution in [0.1, 0.15) is 42.0 Å². The first-order chi connectivity index (χ1) is 10.5. The fourth-order valence-corrected chi connectivity index (χ4v) is 2.64. The molecule has 0 aliphatic carbocycles. The number of aromatic nitrogens is 2. The summed E-state index contributed by atoms with van der Waals surface area (Å²) in [6, 6.07) is 6.50. The minimum absolute atomic E-state index is 0.194. The quantitative estimate of drug-likeness (QED) is 0.840. The van der Waals surface area contributed by atoms with Crippen molar-refractivity contribution in [1.82, 2.24) is 15.1 Å². The van der Waals surface area contributed by atoms with E-state index in [4.69, 9.17) is 0 Å². The molecule has 1 N–H and O–H groups in total. The molecule has 0 aliphatic heterocycles. The highest BCUT2D eigenvalue weighted by Crippen LogP contribution is 2.18. The monoisotopic (exact) mass is 367 g/mol. The number of benzene rings is 1. The number of nitrogens with zero attached hydrogens (tertiary/aromatic N) is 2. The van der Waals surface area contributed by atoms with Crippen molar-refractivity contribution in [2.45, 2.75) is 33.2 Å². The third-order valence-electron chi connectivity index (χ3n) is 3.41. The van der Waals surface area contributed by atoms with Gasteiger partial charge < -0.3 is 4.90 Å². The van der Waals surface area contributed by atoms with E-state index in [0.29, 0.717) is 17.8 Å². The molecule has 0 radical (unpaired) electrons. The maximum Gasteiger partial charge on any atom is 0.274 e. The van der Waals surface area contributed by atoms with Gasteiger partial charge in [0.25, 0.3) is 5.91 Å². The predicted octanol–water partition coefficient (Wildman–Crippen LogP) is 3.93. The second kappa shape index (κ2) is 7.54. The number of amides is 1. The standard InChI is InChI=1S/C16H19BrFN3O/c1-3-5-13-9-15(20-19-13)16(22)21(4-2)10-11-8-12(17)6-7-14(11)18/h6-9H,3-5,10H2,1-2H3,(H,19,20). The summed E-state index contributed by atoms with van der Waals surface area (Å²) in [5.41, 5.74) is 1.80. The summed E-state index contributed by atoms with van der Waals surface area (Å²) in [6.07, 6.45) is 1.84. The lowest BCUT2D eigenvalue weighted by molar-refractivity contribution is 0.0745. The molecule has 22 heavy (non-hydrogen) atoms. The molecule has 0 saturated heterocycles. The van der Waals surface area contributed by atoms with Gasteiger partial charge in [-0.05, 0) is 37.6 Å². The van der Waals surface area contributed by atoms with Gasteiger partial charge in [-0.3, -0.25) is 9.89 Å². The third-order valence-corrected chi connectivity index (χ3v) is 3.90. The molecule has 1 amide bonds. The van der Waals surface area contributed by atoms with Crippen LogP contribution in [0.15, 0.2) is 28.7 Å². The Bertz CT molecular complexity index is 657. The molecule has 0 aliphatic rings. The zero-order valence-electron chi connectivity index (χ0n) is 12.7. The van der Waals surface area contributed by atoms with Crippen LogP contribution in [0.2, 0.25) is 0 Å². The van der Waals surface area contributed by atoms with Crippen LogP contribution in [0.25, 0.3) is 0 Å². The number of nitrogens with one attached hydrogen (secondary N) is 1. The van der Waals surface area contributed by atoms with Gasteiger partial charge in [0.05, 0.1) is 0 Å². The molecule has 1 heterocycles. The first kappa shape index (κ1) is 16.7. The molecule has 6 heteroatoms. The molecular formula is C16H19BrFN3O. The van der Waals surface area contributed by atoms with E-state index in [0.717, 1.165) is 23.0 Å². The molecule has 2 aromatic rings. The van der Waals surface area contributed by atoms with Crippen LogP contribution in [-0.4, -0.2) is 27.5 Å². The second-order valence-corrected chi connectivity index (χ2v) is 6.00. The smallest absolute Gasteiger partial charge is 0.274 e. The Hall–Kier alpha value is -1.69. The van der Waals surface area contributed by atoms with Crippen molar-refractivity contribution in [3.63, 3.8) is 0 Å². The number of hydrogen-bond acceptors (Lipinski definition) is 2. The normalized spacial score (nSPS) is 10.7.